The summed E-state index contributed by atoms with van der Waals surface area (Å²) in [6.07, 6.45) is 18.8. The van der Waals surface area contributed by atoms with Gasteiger partial charge < -0.3 is 0 Å². The number of hydrogen-bond acceptors (Lipinski definition) is 0. The van der Waals surface area contributed by atoms with E-state index < -0.39 is 0 Å². The Morgan fingerprint density at radius 2 is 1.09 bits per heavy atom. The van der Waals surface area contributed by atoms with Gasteiger partial charge in [0.25, 0.3) is 0 Å². The van der Waals surface area contributed by atoms with Crippen LogP contribution in [0.1, 0.15) is 120 Å². The molecule has 0 radical (unpaired) electrons. The Hall–Kier alpha value is -2.44. The van der Waals surface area contributed by atoms with Crippen LogP contribution in [-0.2, 0) is 6.42 Å². The molecular weight excluding hydrogens is 408 g/mol. The minimum absolute atomic E-state index is 0.936. The van der Waals surface area contributed by atoms with Crippen LogP contribution in [-0.4, -0.2) is 0 Å². The molecule has 1 fully saturated rings. The number of unbranched alkanes of at least 4 members (excludes halogenated alkanes) is 5. The first-order valence-electron chi connectivity index (χ1n) is 14.0. The summed E-state index contributed by atoms with van der Waals surface area (Å²) in [5.74, 6) is 15.1. The standard InChI is InChI=1S/C34H44/c1-3-5-7-8-10-12-30-15-19-32(20-16-30)22-24-34-27-25-33(26-28-34)23-21-31-17-13-29(14-18-31)11-9-6-4-2/h15-16,19-20,25-29,31H,3-9,11,13-14,17-18,21,23H2,1-2H3/t29-,31-. The lowest BCUT2D eigenvalue weighted by atomic mass is 9.78. The summed E-state index contributed by atoms with van der Waals surface area (Å²) in [4.78, 5) is 0. The average Bonchev–Trinajstić information content (AvgIpc) is 2.88. The molecule has 0 N–H and O–H groups in total. The maximum atomic E-state index is 3.32. The van der Waals surface area contributed by atoms with E-state index >= 15 is 0 Å². The molecule has 2 aromatic rings. The van der Waals surface area contributed by atoms with Crippen molar-refractivity contribution in [3.8, 4) is 23.7 Å². The summed E-state index contributed by atoms with van der Waals surface area (Å²) < 4.78 is 0. The van der Waals surface area contributed by atoms with Gasteiger partial charge in [0.1, 0.15) is 0 Å². The van der Waals surface area contributed by atoms with E-state index in [0.29, 0.717) is 0 Å². The number of benzene rings is 2. The van der Waals surface area contributed by atoms with Gasteiger partial charge in [-0.25, -0.2) is 0 Å². The Morgan fingerprint density at radius 3 is 1.68 bits per heavy atom. The van der Waals surface area contributed by atoms with Gasteiger partial charge in [-0.15, -0.1) is 0 Å². The second-order valence-corrected chi connectivity index (χ2v) is 10.2. The Bertz CT molecular complexity index is 932. The monoisotopic (exact) mass is 452 g/mol. The third-order valence-corrected chi connectivity index (χ3v) is 7.35. The van der Waals surface area contributed by atoms with Crippen LogP contribution in [0.15, 0.2) is 48.5 Å². The van der Waals surface area contributed by atoms with Gasteiger partial charge in [0.2, 0.25) is 0 Å². The first-order chi connectivity index (χ1) is 16.8. The smallest absolute Gasteiger partial charge is 0.0249 e. The van der Waals surface area contributed by atoms with Crippen molar-refractivity contribution in [3.63, 3.8) is 0 Å². The highest BCUT2D eigenvalue weighted by Crippen LogP contribution is 2.34. The molecule has 0 aliphatic heterocycles. The lowest BCUT2D eigenvalue weighted by molar-refractivity contribution is 0.249. The molecule has 2 aromatic carbocycles. The largest absolute Gasteiger partial charge is 0.0979 e. The Labute approximate surface area is 210 Å². The van der Waals surface area contributed by atoms with Crippen molar-refractivity contribution >= 4 is 0 Å². The summed E-state index contributed by atoms with van der Waals surface area (Å²) in [7, 11) is 0. The molecular formula is C34H44. The predicted molar refractivity (Wildman–Crippen MR) is 148 cm³/mol. The Morgan fingerprint density at radius 1 is 0.588 bits per heavy atom. The van der Waals surface area contributed by atoms with Gasteiger partial charge in [0.15, 0.2) is 0 Å². The van der Waals surface area contributed by atoms with Crippen LogP contribution in [0.4, 0.5) is 0 Å². The molecule has 0 spiro atoms. The van der Waals surface area contributed by atoms with E-state index in [1.54, 1.807) is 0 Å². The molecule has 1 aliphatic rings. The number of hydrogen-bond donors (Lipinski definition) is 0. The third-order valence-electron chi connectivity index (χ3n) is 7.35. The SMILES string of the molecule is CCCCCC#Cc1ccc(C#Cc2ccc(CC[C@H]3CC[C@H](CCCCC)CC3)cc2)cc1. The van der Waals surface area contributed by atoms with Gasteiger partial charge in [-0.2, -0.15) is 0 Å². The van der Waals surface area contributed by atoms with Crippen LogP contribution in [0, 0.1) is 35.5 Å². The Kier molecular flexibility index (Phi) is 11.9. The molecule has 3 rings (SSSR count). The van der Waals surface area contributed by atoms with Crippen molar-refractivity contribution in [2.24, 2.45) is 11.8 Å². The van der Waals surface area contributed by atoms with Crippen molar-refractivity contribution < 1.29 is 0 Å². The van der Waals surface area contributed by atoms with Gasteiger partial charge in [0.05, 0.1) is 0 Å². The second kappa shape index (κ2) is 15.5. The van der Waals surface area contributed by atoms with Gasteiger partial charge >= 0.3 is 0 Å². The van der Waals surface area contributed by atoms with E-state index in [9.17, 15) is 0 Å². The fraction of sp³-hybridized carbons (Fsp3) is 0.529. The van der Waals surface area contributed by atoms with Crippen LogP contribution in [0.25, 0.3) is 0 Å². The minimum atomic E-state index is 0.936. The van der Waals surface area contributed by atoms with E-state index in [1.807, 2.05) is 0 Å². The molecule has 0 amide bonds. The van der Waals surface area contributed by atoms with Crippen LogP contribution < -0.4 is 0 Å². The van der Waals surface area contributed by atoms with Crippen molar-refractivity contribution in [3.05, 3.63) is 70.8 Å². The second-order valence-electron chi connectivity index (χ2n) is 10.2. The maximum absolute atomic E-state index is 3.32. The maximum Gasteiger partial charge on any atom is 0.0249 e. The molecule has 0 saturated heterocycles. The molecule has 34 heavy (non-hydrogen) atoms. The topological polar surface area (TPSA) is 0 Å². The van der Waals surface area contributed by atoms with Crippen molar-refractivity contribution in [1.82, 2.24) is 0 Å². The molecule has 0 heteroatoms. The molecule has 180 valence electrons. The van der Waals surface area contributed by atoms with Crippen molar-refractivity contribution in [2.45, 2.75) is 104 Å². The van der Waals surface area contributed by atoms with Crippen molar-refractivity contribution in [1.29, 1.82) is 0 Å². The zero-order valence-corrected chi connectivity index (χ0v) is 21.7. The first kappa shape index (κ1) is 26.2. The van der Waals surface area contributed by atoms with E-state index in [0.717, 1.165) is 34.9 Å². The number of rotatable bonds is 10. The summed E-state index contributed by atoms with van der Waals surface area (Å²) in [5, 5.41) is 0. The zero-order chi connectivity index (χ0) is 23.8. The highest BCUT2D eigenvalue weighted by atomic mass is 14.3. The van der Waals surface area contributed by atoms with Crippen LogP contribution >= 0.6 is 0 Å². The predicted octanol–water partition coefficient (Wildman–Crippen LogP) is 9.34. The lowest BCUT2D eigenvalue weighted by Gasteiger charge is -2.28. The summed E-state index contributed by atoms with van der Waals surface area (Å²) in [6, 6.07) is 17.2. The minimum Gasteiger partial charge on any atom is -0.0979 e. The summed E-state index contributed by atoms with van der Waals surface area (Å²) in [5.41, 5.74) is 4.68. The quantitative estimate of drug-likeness (QED) is 0.249. The molecule has 1 saturated carbocycles. The van der Waals surface area contributed by atoms with Gasteiger partial charge in [0, 0.05) is 23.1 Å². The third kappa shape index (κ3) is 9.82. The van der Waals surface area contributed by atoms with Crippen LogP contribution in [0.5, 0.6) is 0 Å². The molecule has 0 heterocycles. The normalized spacial score (nSPS) is 17.4. The van der Waals surface area contributed by atoms with Crippen molar-refractivity contribution in [2.75, 3.05) is 0 Å². The lowest BCUT2D eigenvalue weighted by Crippen LogP contribution is -2.15. The Balaban J connectivity index is 1.40. The fourth-order valence-corrected chi connectivity index (χ4v) is 5.03. The van der Waals surface area contributed by atoms with Gasteiger partial charge in [-0.3, -0.25) is 0 Å². The highest BCUT2D eigenvalue weighted by molar-refractivity contribution is 5.46. The number of aryl methyl sites for hydroxylation is 1. The van der Waals surface area contributed by atoms with Crippen LogP contribution in [0.2, 0.25) is 0 Å². The molecule has 0 aromatic heterocycles. The van der Waals surface area contributed by atoms with E-state index in [4.69, 9.17) is 0 Å². The van der Waals surface area contributed by atoms with E-state index in [1.165, 1.54) is 89.0 Å². The zero-order valence-electron chi connectivity index (χ0n) is 21.7. The summed E-state index contributed by atoms with van der Waals surface area (Å²) >= 11 is 0. The molecule has 0 bridgehead atoms. The van der Waals surface area contributed by atoms with Gasteiger partial charge in [-0.1, -0.05) is 114 Å². The highest BCUT2D eigenvalue weighted by Gasteiger charge is 2.20. The van der Waals surface area contributed by atoms with Gasteiger partial charge in [-0.05, 0) is 73.1 Å². The first-order valence-corrected chi connectivity index (χ1v) is 14.0. The molecule has 1 aliphatic carbocycles. The molecule has 0 unspecified atom stereocenters. The average molecular weight is 453 g/mol. The summed E-state index contributed by atoms with van der Waals surface area (Å²) in [6.45, 7) is 4.53. The molecule has 0 atom stereocenters. The van der Waals surface area contributed by atoms with E-state index in [2.05, 4.69) is 86.1 Å². The van der Waals surface area contributed by atoms with E-state index in [-0.39, 0.29) is 0 Å². The fourth-order valence-electron chi connectivity index (χ4n) is 5.03. The molecule has 0 nitrogen and oxygen atoms in total. The van der Waals surface area contributed by atoms with Crippen LogP contribution in [0.3, 0.4) is 0 Å².